The van der Waals surface area contributed by atoms with E-state index >= 15 is 0 Å². The van der Waals surface area contributed by atoms with E-state index in [1.54, 1.807) is 45.9 Å². The summed E-state index contributed by atoms with van der Waals surface area (Å²) >= 11 is 1.22. The molecule has 0 saturated carbocycles. The summed E-state index contributed by atoms with van der Waals surface area (Å²) in [5.74, 6) is -0.825. The average Bonchev–Trinajstić information content (AvgIpc) is 3.11. The number of aryl methyl sites for hydroxylation is 1. The van der Waals surface area contributed by atoms with Gasteiger partial charge in [-0.2, -0.15) is 0 Å². The van der Waals surface area contributed by atoms with Crippen LogP contribution in [-0.2, 0) is 18.3 Å². The molecule has 0 aliphatic heterocycles. The lowest BCUT2D eigenvalue weighted by Gasteiger charge is -2.26. The summed E-state index contributed by atoms with van der Waals surface area (Å²) in [6.07, 6.45) is 0. The van der Waals surface area contributed by atoms with Gasteiger partial charge >= 0.3 is 13.6 Å². The Bertz CT molecular complexity index is 952. The summed E-state index contributed by atoms with van der Waals surface area (Å²) in [5.41, 5.74) is 1.72. The van der Waals surface area contributed by atoms with Crippen LogP contribution in [0, 0.1) is 12.8 Å². The molecule has 0 saturated heterocycles. The van der Waals surface area contributed by atoms with Gasteiger partial charge in [0.05, 0.1) is 37.6 Å². The lowest BCUT2D eigenvalue weighted by Crippen LogP contribution is -2.86. The number of phenols is 1. The van der Waals surface area contributed by atoms with Crippen molar-refractivity contribution in [2.75, 3.05) is 26.4 Å². The number of carbonyl (C=O) groups excluding carboxylic acids is 1. The van der Waals surface area contributed by atoms with Gasteiger partial charge in [0.1, 0.15) is 15.6 Å². The fourth-order valence-corrected chi connectivity index (χ4v) is 6.21. The first-order valence-corrected chi connectivity index (χ1v) is 13.3. The maximum absolute atomic E-state index is 13.7. The number of aromatic hydroxyl groups is 1. The van der Waals surface area contributed by atoms with Gasteiger partial charge in [-0.15, -0.1) is 11.3 Å². The van der Waals surface area contributed by atoms with Crippen molar-refractivity contribution >= 4 is 24.9 Å². The molecule has 2 rings (SSSR count). The van der Waals surface area contributed by atoms with Gasteiger partial charge in [-0.3, -0.25) is 4.57 Å². The summed E-state index contributed by atoms with van der Waals surface area (Å²) in [4.78, 5) is 17.2. The van der Waals surface area contributed by atoms with E-state index in [1.807, 2.05) is 5.32 Å². The molecule has 1 heterocycles. The minimum absolute atomic E-state index is 0.00252. The van der Waals surface area contributed by atoms with Gasteiger partial charge < -0.3 is 24.2 Å². The molecule has 1 aromatic carbocycles. The van der Waals surface area contributed by atoms with Crippen LogP contribution in [0.3, 0.4) is 0 Å². The second-order valence-electron chi connectivity index (χ2n) is 7.61. The van der Waals surface area contributed by atoms with Crippen molar-refractivity contribution in [1.82, 2.24) is 4.98 Å². The van der Waals surface area contributed by atoms with Gasteiger partial charge in [0.25, 0.3) is 0 Å². The maximum atomic E-state index is 13.7. The zero-order valence-electron chi connectivity index (χ0n) is 19.6. The van der Waals surface area contributed by atoms with Crippen LogP contribution < -0.4 is 5.32 Å². The fourth-order valence-electron chi connectivity index (χ4n) is 3.22. The molecular weight excluding hydrogens is 451 g/mol. The molecule has 3 N–H and O–H groups in total. The van der Waals surface area contributed by atoms with Crippen molar-refractivity contribution in [3.8, 4) is 16.3 Å². The van der Waals surface area contributed by atoms with E-state index in [2.05, 4.69) is 18.8 Å². The first kappa shape index (κ1) is 26.5. The Balaban J connectivity index is 2.54. The number of hydrogen-bond donors (Lipinski definition) is 2. The Kier molecular flexibility index (Phi) is 9.85. The third kappa shape index (κ3) is 6.39. The third-order valence-corrected chi connectivity index (χ3v) is 8.23. The molecule has 0 amide bonds. The average molecular weight is 486 g/mol. The summed E-state index contributed by atoms with van der Waals surface area (Å²) in [6.45, 7) is 12.5. The van der Waals surface area contributed by atoms with Crippen molar-refractivity contribution in [3.63, 3.8) is 0 Å². The molecule has 2 aromatic rings. The number of phenolic OH excluding ortho intramolecular Hbond substituents is 1. The second-order valence-corrected chi connectivity index (χ2v) is 10.8. The third-order valence-electron chi connectivity index (χ3n) is 4.64. The Morgan fingerprint density at radius 3 is 2.41 bits per heavy atom. The van der Waals surface area contributed by atoms with Gasteiger partial charge in [-0.25, -0.2) is 9.78 Å². The van der Waals surface area contributed by atoms with Crippen LogP contribution in [0.1, 0.15) is 61.3 Å². The molecule has 32 heavy (non-hydrogen) atoms. The summed E-state index contributed by atoms with van der Waals surface area (Å²) in [7, 11) is -3.58. The van der Waals surface area contributed by atoms with Gasteiger partial charge in [-0.1, -0.05) is 13.8 Å². The Morgan fingerprint density at radius 2 is 1.84 bits per heavy atom. The van der Waals surface area contributed by atoms with Crippen molar-refractivity contribution in [1.29, 1.82) is 0 Å². The quantitative estimate of drug-likeness (QED) is 0.337. The first-order chi connectivity index (χ1) is 15.2. The van der Waals surface area contributed by atoms with Gasteiger partial charge in [-0.05, 0) is 45.9 Å². The van der Waals surface area contributed by atoms with Crippen LogP contribution in [0.2, 0.25) is 0 Å². The van der Waals surface area contributed by atoms with Crippen LogP contribution in [0.4, 0.5) is 0 Å². The highest BCUT2D eigenvalue weighted by Gasteiger charge is 2.42. The zero-order chi connectivity index (χ0) is 23.9. The molecule has 0 aliphatic carbocycles. The molecule has 0 spiro atoms. The molecule has 0 aliphatic rings. The monoisotopic (exact) mass is 485 g/mol. The minimum atomic E-state index is -3.58. The fraction of sp³-hybridized carbons (Fsp3) is 0.545. The van der Waals surface area contributed by atoms with E-state index < -0.39 is 19.3 Å². The lowest BCUT2D eigenvalue weighted by molar-refractivity contribution is -0.682. The number of rotatable bonds is 12. The molecule has 0 radical (unpaired) electrons. The van der Waals surface area contributed by atoms with E-state index in [0.717, 1.165) is 0 Å². The molecule has 0 bridgehead atoms. The van der Waals surface area contributed by atoms with E-state index in [9.17, 15) is 14.5 Å². The predicted molar refractivity (Wildman–Crippen MR) is 125 cm³/mol. The van der Waals surface area contributed by atoms with Crippen molar-refractivity contribution in [2.45, 2.75) is 47.3 Å². The Labute approximate surface area is 193 Å². The molecule has 1 atom stereocenters. The van der Waals surface area contributed by atoms with Crippen LogP contribution in [-0.4, -0.2) is 42.4 Å². The predicted octanol–water partition coefficient (Wildman–Crippen LogP) is 4.48. The number of carbonyl (C=O) groups is 1. The van der Waals surface area contributed by atoms with Gasteiger partial charge in [0, 0.05) is 11.5 Å². The highest BCUT2D eigenvalue weighted by molar-refractivity contribution is 7.54. The van der Waals surface area contributed by atoms with Crippen molar-refractivity contribution < 1.29 is 33.6 Å². The van der Waals surface area contributed by atoms with Crippen molar-refractivity contribution in [2.24, 2.45) is 5.92 Å². The maximum Gasteiger partial charge on any atom is 0.392 e. The van der Waals surface area contributed by atoms with E-state index in [4.69, 9.17) is 13.8 Å². The summed E-state index contributed by atoms with van der Waals surface area (Å²) in [6, 6.07) is 5.01. The number of esters is 1. The number of nitrogens with zero attached hydrogens (tertiary/aromatic N) is 1. The van der Waals surface area contributed by atoms with E-state index in [0.29, 0.717) is 39.2 Å². The lowest BCUT2D eigenvalue weighted by atomic mass is 10.1. The number of thiazole rings is 1. The second kappa shape index (κ2) is 11.9. The smallest absolute Gasteiger partial charge is 0.392 e. The molecule has 8 nitrogen and oxygen atoms in total. The van der Waals surface area contributed by atoms with Crippen LogP contribution in [0.25, 0.3) is 10.6 Å². The molecule has 1 unspecified atom stereocenters. The molecule has 178 valence electrons. The standard InChI is InChI=1S/C22H33N2O6PS/c1-7-28-22(26)19-15(6)24-21(32-19)16-10-11-18(25)17(12-16)20(23-13-14(4)5)31(27,29-8-2)30-9-3/h10-12,14,20,23,25H,7-9,13H2,1-6H3/p+1. The number of hydrogen-bond acceptors (Lipinski definition) is 8. The SMILES string of the molecule is CCOC(=O)c1sc(-c2ccc(O)c(C([NH2+]CC(C)C)P(=O)(OCC)OCC)c2)nc1C. The van der Waals surface area contributed by atoms with E-state index in [-0.39, 0.29) is 25.6 Å². The molecule has 10 heteroatoms. The summed E-state index contributed by atoms with van der Waals surface area (Å²) in [5, 5.41) is 13.2. The molecule has 0 fully saturated rings. The van der Waals surface area contributed by atoms with Gasteiger partial charge in [0.15, 0.2) is 0 Å². The molecular formula is C22H34N2O6PS+. The summed E-state index contributed by atoms with van der Waals surface area (Å²) < 4.78 is 30.0. The topological polar surface area (TPSA) is 112 Å². The molecule has 1 aromatic heterocycles. The van der Waals surface area contributed by atoms with E-state index in [1.165, 1.54) is 11.3 Å². The Morgan fingerprint density at radius 1 is 1.19 bits per heavy atom. The van der Waals surface area contributed by atoms with Crippen LogP contribution in [0.5, 0.6) is 5.75 Å². The number of benzene rings is 1. The normalized spacial score (nSPS) is 12.8. The number of quaternary nitrogens is 1. The largest absolute Gasteiger partial charge is 0.507 e. The van der Waals surface area contributed by atoms with Crippen molar-refractivity contribution in [3.05, 3.63) is 34.3 Å². The van der Waals surface area contributed by atoms with Crippen LogP contribution in [0.15, 0.2) is 18.2 Å². The van der Waals surface area contributed by atoms with Gasteiger partial charge in [0.2, 0.25) is 5.78 Å². The zero-order valence-corrected chi connectivity index (χ0v) is 21.3. The highest BCUT2D eigenvalue weighted by atomic mass is 32.1. The highest BCUT2D eigenvalue weighted by Crippen LogP contribution is 2.59. The van der Waals surface area contributed by atoms with Crippen LogP contribution >= 0.6 is 18.9 Å². The number of ether oxygens (including phenoxy) is 1. The minimum Gasteiger partial charge on any atom is -0.507 e. The first-order valence-electron chi connectivity index (χ1n) is 10.9. The number of nitrogens with two attached hydrogens (primary N) is 1. The number of aromatic nitrogens is 1. The Hall–Kier alpha value is -1.77.